The molecule has 4 rings (SSSR count). The minimum absolute atomic E-state index is 0.203. The summed E-state index contributed by atoms with van der Waals surface area (Å²) in [5.74, 6) is 0.796. The Balaban J connectivity index is 1.80. The lowest BCUT2D eigenvalue weighted by molar-refractivity contribution is 0.0145. The number of benzene rings is 3. The number of methoxy groups -OCH3 is 1. The van der Waals surface area contributed by atoms with E-state index >= 15 is 0 Å². The average Bonchev–Trinajstić information content (AvgIpc) is 2.68. The summed E-state index contributed by atoms with van der Waals surface area (Å²) in [5, 5.41) is 4.15. The van der Waals surface area contributed by atoms with Gasteiger partial charge in [-0.05, 0) is 29.8 Å². The van der Waals surface area contributed by atoms with Crippen molar-refractivity contribution < 1.29 is 9.47 Å². The molecule has 1 N–H and O–H groups in total. The lowest BCUT2D eigenvalue weighted by atomic mass is 9.97. The van der Waals surface area contributed by atoms with Gasteiger partial charge in [0.2, 0.25) is 0 Å². The molecule has 126 valence electrons. The van der Waals surface area contributed by atoms with Crippen LogP contribution in [0.3, 0.4) is 0 Å². The van der Waals surface area contributed by atoms with Gasteiger partial charge in [0.15, 0.2) is 6.23 Å². The number of ether oxygens (including phenoxy) is 2. The molecule has 0 unspecified atom stereocenters. The zero-order valence-electron chi connectivity index (χ0n) is 13.8. The number of fused-ring (bicyclic) bond motifs is 1. The highest BCUT2D eigenvalue weighted by atomic mass is 35.5. The van der Waals surface area contributed by atoms with Gasteiger partial charge in [0.05, 0.1) is 7.11 Å². The van der Waals surface area contributed by atoms with Crippen LogP contribution in [-0.4, -0.2) is 7.11 Å². The van der Waals surface area contributed by atoms with Gasteiger partial charge in [-0.15, -0.1) is 0 Å². The number of para-hydroxylation sites is 1. The molecule has 3 nitrogen and oxygen atoms in total. The summed E-state index contributed by atoms with van der Waals surface area (Å²) in [6.07, 6.45) is -0.513. The van der Waals surface area contributed by atoms with Crippen molar-refractivity contribution >= 4 is 17.3 Å². The van der Waals surface area contributed by atoms with E-state index in [9.17, 15) is 0 Å². The van der Waals surface area contributed by atoms with Crippen LogP contribution in [0.1, 0.15) is 29.0 Å². The Morgan fingerprint density at radius 2 is 1.68 bits per heavy atom. The molecule has 0 fully saturated rings. The van der Waals surface area contributed by atoms with Crippen molar-refractivity contribution in [2.75, 3.05) is 12.4 Å². The Labute approximate surface area is 152 Å². The summed E-state index contributed by atoms with van der Waals surface area (Å²) >= 11 is 6.23. The molecule has 4 heteroatoms. The van der Waals surface area contributed by atoms with Gasteiger partial charge in [0.1, 0.15) is 11.9 Å². The maximum absolute atomic E-state index is 6.43. The van der Waals surface area contributed by atoms with Crippen molar-refractivity contribution in [3.63, 3.8) is 0 Å². The van der Waals surface area contributed by atoms with E-state index in [1.807, 2.05) is 60.7 Å². The Kier molecular flexibility index (Phi) is 4.35. The minimum atomic E-state index is -0.310. The van der Waals surface area contributed by atoms with Crippen LogP contribution in [0.15, 0.2) is 72.8 Å². The lowest BCUT2D eigenvalue weighted by Crippen LogP contribution is -2.25. The molecular formula is C21H18ClNO2. The molecule has 0 aromatic heterocycles. The van der Waals surface area contributed by atoms with Crippen LogP contribution in [0, 0.1) is 0 Å². The predicted octanol–water partition coefficient (Wildman–Crippen LogP) is 5.58. The van der Waals surface area contributed by atoms with Crippen LogP contribution in [0.25, 0.3) is 0 Å². The summed E-state index contributed by atoms with van der Waals surface area (Å²) < 4.78 is 11.9. The first-order chi connectivity index (χ1) is 12.3. The first-order valence-corrected chi connectivity index (χ1v) is 8.53. The van der Waals surface area contributed by atoms with E-state index in [-0.39, 0.29) is 12.3 Å². The van der Waals surface area contributed by atoms with Gasteiger partial charge in [-0.25, -0.2) is 0 Å². The zero-order chi connectivity index (χ0) is 17.2. The maximum atomic E-state index is 6.43. The summed E-state index contributed by atoms with van der Waals surface area (Å²) in [6, 6.07) is 23.9. The topological polar surface area (TPSA) is 30.5 Å². The van der Waals surface area contributed by atoms with E-state index in [0.717, 1.165) is 28.1 Å². The van der Waals surface area contributed by atoms with Crippen LogP contribution in [-0.2, 0) is 4.74 Å². The highest BCUT2D eigenvalue weighted by Crippen LogP contribution is 2.43. The van der Waals surface area contributed by atoms with Crippen LogP contribution >= 0.6 is 11.6 Å². The van der Waals surface area contributed by atoms with Gasteiger partial charge in [-0.2, -0.15) is 0 Å². The van der Waals surface area contributed by atoms with Crippen molar-refractivity contribution in [3.8, 4) is 5.75 Å². The van der Waals surface area contributed by atoms with E-state index in [0.29, 0.717) is 5.02 Å². The van der Waals surface area contributed by atoms with Crippen molar-refractivity contribution in [3.05, 3.63) is 94.5 Å². The molecule has 0 amide bonds. The maximum Gasteiger partial charge on any atom is 0.158 e. The molecule has 3 aromatic rings. The molecule has 0 spiro atoms. The molecule has 2 atom stereocenters. The Morgan fingerprint density at radius 1 is 0.920 bits per heavy atom. The van der Waals surface area contributed by atoms with Gasteiger partial charge >= 0.3 is 0 Å². The predicted molar refractivity (Wildman–Crippen MR) is 100 cm³/mol. The summed E-state index contributed by atoms with van der Waals surface area (Å²) in [7, 11) is 1.67. The fraction of sp³-hybridized carbons (Fsp3) is 0.143. The second-order valence-electron chi connectivity index (χ2n) is 5.92. The van der Waals surface area contributed by atoms with Crippen LogP contribution in [0.5, 0.6) is 5.75 Å². The largest absolute Gasteiger partial charge is 0.496 e. The van der Waals surface area contributed by atoms with Gasteiger partial charge in [-0.3, -0.25) is 0 Å². The monoisotopic (exact) mass is 351 g/mol. The van der Waals surface area contributed by atoms with Crippen molar-refractivity contribution in [2.24, 2.45) is 0 Å². The van der Waals surface area contributed by atoms with Crippen molar-refractivity contribution in [2.45, 2.75) is 12.3 Å². The Bertz CT molecular complexity index is 882. The molecule has 0 aliphatic carbocycles. The molecule has 0 saturated heterocycles. The molecular weight excluding hydrogens is 334 g/mol. The average molecular weight is 352 g/mol. The van der Waals surface area contributed by atoms with Gasteiger partial charge in [0, 0.05) is 21.8 Å². The van der Waals surface area contributed by atoms with E-state index < -0.39 is 0 Å². The fourth-order valence-electron chi connectivity index (χ4n) is 3.19. The summed E-state index contributed by atoms with van der Waals surface area (Å²) in [4.78, 5) is 0. The van der Waals surface area contributed by atoms with Crippen LogP contribution in [0.4, 0.5) is 5.69 Å². The standard InChI is InChI=1S/C21H18ClNO2/c1-24-19-10-6-5-9-16(19)21-23-18-12-11-15(22)13-17(18)20(25-21)14-7-3-2-4-8-14/h2-13,20-21,23H,1H3/t20-,21-/m0/s1. The highest BCUT2D eigenvalue weighted by Gasteiger charge is 2.30. The SMILES string of the molecule is COc1ccccc1[C@H]1Nc2ccc(Cl)cc2[C@H](c2ccccc2)O1. The van der Waals surface area contributed by atoms with E-state index in [4.69, 9.17) is 21.1 Å². The van der Waals surface area contributed by atoms with Gasteiger partial charge in [0.25, 0.3) is 0 Å². The number of anilines is 1. The fourth-order valence-corrected chi connectivity index (χ4v) is 3.37. The summed E-state index contributed by atoms with van der Waals surface area (Å²) in [6.45, 7) is 0. The van der Waals surface area contributed by atoms with E-state index in [1.54, 1.807) is 7.11 Å². The van der Waals surface area contributed by atoms with Gasteiger partial charge < -0.3 is 14.8 Å². The third kappa shape index (κ3) is 3.09. The number of rotatable bonds is 3. The molecule has 0 radical (unpaired) electrons. The molecule has 3 aromatic carbocycles. The molecule has 0 saturated carbocycles. The third-order valence-corrected chi connectivity index (χ3v) is 4.61. The smallest absolute Gasteiger partial charge is 0.158 e. The lowest BCUT2D eigenvalue weighted by Gasteiger charge is -2.34. The third-order valence-electron chi connectivity index (χ3n) is 4.38. The summed E-state index contributed by atoms with van der Waals surface area (Å²) in [5.41, 5.74) is 4.10. The van der Waals surface area contributed by atoms with Crippen LogP contribution < -0.4 is 10.1 Å². The van der Waals surface area contributed by atoms with E-state index in [2.05, 4.69) is 17.4 Å². The number of hydrogen-bond acceptors (Lipinski definition) is 3. The quantitative estimate of drug-likeness (QED) is 0.668. The first kappa shape index (κ1) is 16.0. The van der Waals surface area contributed by atoms with Crippen molar-refractivity contribution in [1.29, 1.82) is 0 Å². The first-order valence-electron chi connectivity index (χ1n) is 8.15. The molecule has 1 heterocycles. The number of hydrogen-bond donors (Lipinski definition) is 1. The normalized spacial score (nSPS) is 19.0. The molecule has 1 aliphatic rings. The Hall–Kier alpha value is -2.49. The van der Waals surface area contributed by atoms with E-state index in [1.165, 1.54) is 0 Å². The highest BCUT2D eigenvalue weighted by molar-refractivity contribution is 6.30. The Morgan fingerprint density at radius 3 is 2.48 bits per heavy atom. The van der Waals surface area contributed by atoms with Gasteiger partial charge in [-0.1, -0.05) is 60.1 Å². The van der Waals surface area contributed by atoms with Crippen molar-refractivity contribution in [1.82, 2.24) is 0 Å². The zero-order valence-corrected chi connectivity index (χ0v) is 14.5. The van der Waals surface area contributed by atoms with Crippen LogP contribution in [0.2, 0.25) is 5.02 Å². The minimum Gasteiger partial charge on any atom is -0.496 e. The molecule has 0 bridgehead atoms. The molecule has 1 aliphatic heterocycles. The second-order valence-corrected chi connectivity index (χ2v) is 6.36. The second kappa shape index (κ2) is 6.79. The number of nitrogens with one attached hydrogen (secondary N) is 1. The molecule has 25 heavy (non-hydrogen) atoms. The number of halogens is 1.